The normalized spacial score (nSPS) is 18.8. The van der Waals surface area contributed by atoms with Gasteiger partial charge in [0.15, 0.2) is 5.01 Å². The number of nitrogens with zero attached hydrogens (tertiary/aromatic N) is 3. The molecule has 37 heavy (non-hydrogen) atoms. The predicted octanol–water partition coefficient (Wildman–Crippen LogP) is 2.95. The van der Waals surface area contributed by atoms with Gasteiger partial charge in [0.05, 0.1) is 10.7 Å². The van der Waals surface area contributed by atoms with E-state index in [0.29, 0.717) is 35.7 Å². The van der Waals surface area contributed by atoms with Crippen molar-refractivity contribution in [1.82, 2.24) is 20.2 Å². The van der Waals surface area contributed by atoms with Crippen LogP contribution in [0.4, 0.5) is 5.82 Å². The molecule has 4 amide bonds. The van der Waals surface area contributed by atoms with Crippen LogP contribution < -0.4 is 16.4 Å². The number of hydrogen-bond donors (Lipinski definition) is 3. The van der Waals surface area contributed by atoms with Crippen LogP contribution in [-0.2, 0) is 27.2 Å². The number of carbonyl (C=O) groups is 4. The van der Waals surface area contributed by atoms with Crippen molar-refractivity contribution >= 4 is 52.4 Å². The van der Waals surface area contributed by atoms with Gasteiger partial charge in [-0.15, -0.1) is 11.3 Å². The summed E-state index contributed by atoms with van der Waals surface area (Å²) in [5.41, 5.74) is 6.28. The molecule has 2 aliphatic carbocycles. The standard InChI is InChI=1S/C16H21ClN4O3.C9H12N2OS/c1-21(2)16(24)10-3-6-12(7-4-10)19-14(22)15(23)20-13-8-5-11(17)9-18-13;10-8(12)9-11-6-4-2-1-3-5-7(6)13-9/h5,8-10,12H,3-4,6-7H2,1-2H3,(H,19,22)(H,18,20,23);1-5H2,(H2,10,12). The number of nitrogens with two attached hydrogens (primary N) is 1. The Hall–Kier alpha value is -3.05. The van der Waals surface area contributed by atoms with Crippen molar-refractivity contribution in [1.29, 1.82) is 0 Å². The van der Waals surface area contributed by atoms with Crippen molar-refractivity contribution in [2.75, 3.05) is 19.4 Å². The highest BCUT2D eigenvalue weighted by Gasteiger charge is 2.29. The molecule has 10 nitrogen and oxygen atoms in total. The summed E-state index contributed by atoms with van der Waals surface area (Å²) in [5.74, 6) is -1.48. The molecule has 1 saturated carbocycles. The molecule has 1 fully saturated rings. The zero-order valence-electron chi connectivity index (χ0n) is 21.1. The summed E-state index contributed by atoms with van der Waals surface area (Å²) in [4.78, 5) is 57.6. The van der Waals surface area contributed by atoms with E-state index in [1.165, 1.54) is 47.7 Å². The lowest BCUT2D eigenvalue weighted by atomic mass is 9.85. The lowest BCUT2D eigenvalue weighted by Crippen LogP contribution is -2.44. The maximum Gasteiger partial charge on any atom is 0.314 e. The summed E-state index contributed by atoms with van der Waals surface area (Å²) in [7, 11) is 3.48. The first kappa shape index (κ1) is 28.5. The van der Waals surface area contributed by atoms with Gasteiger partial charge in [-0.2, -0.15) is 0 Å². The number of nitrogens with one attached hydrogen (secondary N) is 2. The van der Waals surface area contributed by atoms with E-state index in [1.54, 1.807) is 25.1 Å². The first-order valence-electron chi connectivity index (χ1n) is 12.4. The van der Waals surface area contributed by atoms with E-state index in [9.17, 15) is 19.2 Å². The van der Waals surface area contributed by atoms with E-state index < -0.39 is 17.7 Å². The molecule has 4 N–H and O–H groups in total. The van der Waals surface area contributed by atoms with Crippen molar-refractivity contribution in [2.45, 2.75) is 63.8 Å². The number of aryl methyl sites for hydroxylation is 2. The Balaban J connectivity index is 0.000000244. The molecule has 200 valence electrons. The Labute approximate surface area is 225 Å². The van der Waals surface area contributed by atoms with E-state index in [4.69, 9.17) is 17.3 Å². The van der Waals surface area contributed by atoms with Crippen LogP contribution >= 0.6 is 22.9 Å². The molecule has 0 radical (unpaired) electrons. The zero-order chi connectivity index (χ0) is 26.9. The van der Waals surface area contributed by atoms with E-state index >= 15 is 0 Å². The number of fused-ring (bicyclic) bond motifs is 1. The van der Waals surface area contributed by atoms with Crippen molar-refractivity contribution in [3.05, 3.63) is 38.9 Å². The third-order valence-corrected chi connectivity index (χ3v) is 7.73. The van der Waals surface area contributed by atoms with Crippen LogP contribution in [-0.4, -0.2) is 58.6 Å². The summed E-state index contributed by atoms with van der Waals surface area (Å²) in [5, 5.41) is 6.05. The van der Waals surface area contributed by atoms with Crippen LogP contribution in [0.1, 0.15) is 65.3 Å². The minimum atomic E-state index is -0.767. The summed E-state index contributed by atoms with van der Waals surface area (Å²) < 4.78 is 0. The number of carbonyl (C=O) groups excluding carboxylic acids is 4. The molecule has 0 aliphatic heterocycles. The highest BCUT2D eigenvalue weighted by Crippen LogP contribution is 2.26. The Bertz CT molecular complexity index is 1090. The SMILES string of the molecule is CN(C)C(=O)C1CCC(NC(=O)C(=O)Nc2ccc(Cl)cn2)CC1.NC(=O)c1nc2c(s1)CCCCC2. The Kier molecular flexibility index (Phi) is 10.4. The molecule has 4 rings (SSSR count). The van der Waals surface area contributed by atoms with Crippen LogP contribution in [0.15, 0.2) is 18.3 Å². The summed E-state index contributed by atoms with van der Waals surface area (Å²) >= 11 is 7.18. The molecule has 0 atom stereocenters. The minimum Gasteiger partial charge on any atom is -0.364 e. The largest absolute Gasteiger partial charge is 0.364 e. The van der Waals surface area contributed by atoms with E-state index in [2.05, 4.69) is 20.6 Å². The molecule has 12 heteroatoms. The molecule has 0 aromatic carbocycles. The molecule has 0 unspecified atom stereocenters. The molecular formula is C25H33ClN6O4S. The molecule has 0 bridgehead atoms. The van der Waals surface area contributed by atoms with Gasteiger partial charge in [0.2, 0.25) is 5.91 Å². The van der Waals surface area contributed by atoms with Gasteiger partial charge in [-0.3, -0.25) is 19.2 Å². The van der Waals surface area contributed by atoms with Crippen molar-refractivity contribution in [3.63, 3.8) is 0 Å². The first-order valence-corrected chi connectivity index (χ1v) is 13.6. The Morgan fingerprint density at radius 3 is 2.35 bits per heavy atom. The van der Waals surface area contributed by atoms with Crippen LogP contribution in [0, 0.1) is 5.92 Å². The highest BCUT2D eigenvalue weighted by atomic mass is 35.5. The van der Waals surface area contributed by atoms with E-state index in [-0.39, 0.29) is 23.7 Å². The van der Waals surface area contributed by atoms with Crippen LogP contribution in [0.25, 0.3) is 0 Å². The molecule has 0 saturated heterocycles. The molecular weight excluding hydrogens is 516 g/mol. The Morgan fingerprint density at radius 1 is 1.03 bits per heavy atom. The maximum atomic E-state index is 12.0. The number of pyridine rings is 1. The van der Waals surface area contributed by atoms with Crippen LogP contribution in [0.2, 0.25) is 5.02 Å². The number of hydrogen-bond acceptors (Lipinski definition) is 7. The minimum absolute atomic E-state index is 0.000228. The smallest absolute Gasteiger partial charge is 0.314 e. The molecule has 2 aromatic heterocycles. The number of rotatable bonds is 4. The van der Waals surface area contributed by atoms with Crippen molar-refractivity contribution in [3.8, 4) is 0 Å². The number of primary amides is 1. The average Bonchev–Trinajstić information content (AvgIpc) is 3.16. The fourth-order valence-electron chi connectivity index (χ4n) is 4.36. The van der Waals surface area contributed by atoms with E-state index in [0.717, 1.165) is 18.5 Å². The summed E-state index contributed by atoms with van der Waals surface area (Å²) in [6.07, 6.45) is 9.93. The summed E-state index contributed by atoms with van der Waals surface area (Å²) in [6.45, 7) is 0. The van der Waals surface area contributed by atoms with Gasteiger partial charge in [0, 0.05) is 37.1 Å². The third kappa shape index (κ3) is 8.50. The molecule has 2 aliphatic rings. The van der Waals surface area contributed by atoms with Gasteiger partial charge >= 0.3 is 11.8 Å². The topological polar surface area (TPSA) is 147 Å². The first-order chi connectivity index (χ1) is 17.6. The number of anilines is 1. The number of halogens is 1. The lowest BCUT2D eigenvalue weighted by molar-refractivity contribution is -0.137. The number of aromatic nitrogens is 2. The van der Waals surface area contributed by atoms with Gasteiger partial charge < -0.3 is 21.3 Å². The monoisotopic (exact) mass is 548 g/mol. The number of amides is 4. The van der Waals surface area contributed by atoms with Gasteiger partial charge in [-0.05, 0) is 63.5 Å². The van der Waals surface area contributed by atoms with Crippen LogP contribution in [0.3, 0.4) is 0 Å². The van der Waals surface area contributed by atoms with Gasteiger partial charge in [-0.25, -0.2) is 9.97 Å². The second kappa shape index (κ2) is 13.5. The lowest BCUT2D eigenvalue weighted by Gasteiger charge is -2.29. The van der Waals surface area contributed by atoms with Crippen molar-refractivity contribution < 1.29 is 19.2 Å². The molecule has 0 spiro atoms. The van der Waals surface area contributed by atoms with Gasteiger partial charge in [0.1, 0.15) is 5.82 Å². The zero-order valence-corrected chi connectivity index (χ0v) is 22.7. The van der Waals surface area contributed by atoms with Gasteiger partial charge in [0.25, 0.3) is 5.91 Å². The summed E-state index contributed by atoms with van der Waals surface area (Å²) in [6, 6.07) is 3.00. The molecule has 2 heterocycles. The maximum absolute atomic E-state index is 12.0. The second-order valence-electron chi connectivity index (χ2n) is 9.38. The second-order valence-corrected chi connectivity index (χ2v) is 10.9. The molecule has 2 aromatic rings. The quantitative estimate of drug-likeness (QED) is 0.395. The van der Waals surface area contributed by atoms with Gasteiger partial charge in [-0.1, -0.05) is 18.0 Å². The predicted molar refractivity (Wildman–Crippen MR) is 142 cm³/mol. The van der Waals surface area contributed by atoms with Crippen molar-refractivity contribution in [2.24, 2.45) is 11.7 Å². The third-order valence-electron chi connectivity index (χ3n) is 6.33. The van der Waals surface area contributed by atoms with Crippen LogP contribution in [0.5, 0.6) is 0 Å². The highest BCUT2D eigenvalue weighted by molar-refractivity contribution is 7.13. The fourth-order valence-corrected chi connectivity index (χ4v) is 5.47. The van der Waals surface area contributed by atoms with E-state index in [1.807, 2.05) is 0 Å². The average molecular weight is 549 g/mol. The Morgan fingerprint density at radius 2 is 1.73 bits per heavy atom. The number of thiazole rings is 1. The fraction of sp³-hybridized carbons (Fsp3) is 0.520.